The molecule has 0 unspecified atom stereocenters. The molecule has 80 valence electrons. The summed E-state index contributed by atoms with van der Waals surface area (Å²) < 4.78 is 13.5. The Kier molecular flexibility index (Phi) is 2.86. The fraction of sp³-hybridized carbons (Fsp3) is 0.400. The molecule has 5 heteroatoms. The summed E-state index contributed by atoms with van der Waals surface area (Å²) in [6.45, 7) is 0.906. The molecular formula is C10H10ClFN2O. The molecule has 1 fully saturated rings. The second-order valence-corrected chi connectivity index (χ2v) is 3.96. The molecule has 0 saturated carbocycles. The number of piperidine rings is 1. The Morgan fingerprint density at radius 3 is 3.00 bits per heavy atom. The zero-order valence-corrected chi connectivity index (χ0v) is 8.80. The molecule has 0 spiro atoms. The first-order valence-corrected chi connectivity index (χ1v) is 5.12. The molecule has 0 bridgehead atoms. The first kappa shape index (κ1) is 10.4. The number of nitrogens with zero attached hydrogens (tertiary/aromatic N) is 2. The van der Waals surface area contributed by atoms with Gasteiger partial charge in [0.05, 0.1) is 11.6 Å². The summed E-state index contributed by atoms with van der Waals surface area (Å²) in [6, 6.07) is 1.21. The smallest absolute Gasteiger partial charge is 0.167 e. The molecule has 0 N–H and O–H groups in total. The van der Waals surface area contributed by atoms with E-state index < -0.39 is 5.82 Å². The number of ketones is 1. The van der Waals surface area contributed by atoms with Crippen molar-refractivity contribution in [3.05, 3.63) is 23.1 Å². The van der Waals surface area contributed by atoms with E-state index in [1.807, 2.05) is 0 Å². The number of Topliss-reactive ketones (excluding diaryl/α,β-unsaturated/α-hetero) is 1. The van der Waals surface area contributed by atoms with Crippen molar-refractivity contribution in [1.82, 2.24) is 4.98 Å². The molecule has 3 nitrogen and oxygen atoms in total. The van der Waals surface area contributed by atoms with Gasteiger partial charge in [0, 0.05) is 19.2 Å². The van der Waals surface area contributed by atoms with Crippen LogP contribution in [-0.2, 0) is 4.79 Å². The van der Waals surface area contributed by atoms with Gasteiger partial charge in [0.15, 0.2) is 17.4 Å². The lowest BCUT2D eigenvalue weighted by Crippen LogP contribution is -2.36. The van der Waals surface area contributed by atoms with Crippen LogP contribution >= 0.6 is 11.6 Å². The minimum atomic E-state index is -0.475. The van der Waals surface area contributed by atoms with Crippen molar-refractivity contribution in [2.24, 2.45) is 0 Å². The molecule has 0 aliphatic carbocycles. The lowest BCUT2D eigenvalue weighted by molar-refractivity contribution is -0.118. The Bertz CT molecular complexity index is 397. The summed E-state index contributed by atoms with van der Waals surface area (Å²) in [5.41, 5.74) is 0. The fourth-order valence-corrected chi connectivity index (χ4v) is 1.80. The van der Waals surface area contributed by atoms with E-state index in [2.05, 4.69) is 4.98 Å². The number of rotatable bonds is 1. The molecule has 15 heavy (non-hydrogen) atoms. The molecule has 0 atom stereocenters. The summed E-state index contributed by atoms with van der Waals surface area (Å²) in [4.78, 5) is 16.8. The number of carbonyl (C=O) groups is 1. The number of hydrogen-bond acceptors (Lipinski definition) is 3. The van der Waals surface area contributed by atoms with E-state index in [1.54, 1.807) is 4.90 Å². The van der Waals surface area contributed by atoms with Gasteiger partial charge in [-0.2, -0.15) is 0 Å². The maximum Gasteiger partial charge on any atom is 0.167 e. The SMILES string of the molecule is O=C1CCCN(c2ncc(Cl)cc2F)C1. The molecule has 2 rings (SSSR count). The second kappa shape index (κ2) is 4.14. The van der Waals surface area contributed by atoms with E-state index in [0.717, 1.165) is 6.42 Å². The first-order chi connectivity index (χ1) is 7.16. The number of aromatic nitrogens is 1. The highest BCUT2D eigenvalue weighted by Gasteiger charge is 2.20. The Hall–Kier alpha value is -1.16. The van der Waals surface area contributed by atoms with Gasteiger partial charge in [0.2, 0.25) is 0 Å². The largest absolute Gasteiger partial charge is 0.347 e. The zero-order valence-electron chi connectivity index (χ0n) is 8.04. The van der Waals surface area contributed by atoms with E-state index in [-0.39, 0.29) is 23.2 Å². The third-order valence-corrected chi connectivity index (χ3v) is 2.55. The van der Waals surface area contributed by atoms with Crippen molar-refractivity contribution in [3.63, 3.8) is 0 Å². The number of hydrogen-bond donors (Lipinski definition) is 0. The van der Waals surface area contributed by atoms with Crippen molar-refractivity contribution in [3.8, 4) is 0 Å². The van der Waals surface area contributed by atoms with Gasteiger partial charge in [-0.15, -0.1) is 0 Å². The molecule has 0 aromatic carbocycles. The van der Waals surface area contributed by atoms with Gasteiger partial charge in [-0.05, 0) is 12.5 Å². The maximum absolute atomic E-state index is 13.5. The van der Waals surface area contributed by atoms with Crippen molar-refractivity contribution in [2.45, 2.75) is 12.8 Å². The van der Waals surface area contributed by atoms with Gasteiger partial charge in [0.1, 0.15) is 0 Å². The topological polar surface area (TPSA) is 33.2 Å². The van der Waals surface area contributed by atoms with Crippen LogP contribution < -0.4 is 4.90 Å². The van der Waals surface area contributed by atoms with E-state index in [0.29, 0.717) is 13.0 Å². The summed E-state index contributed by atoms with van der Waals surface area (Å²) in [5.74, 6) is -0.137. The highest BCUT2D eigenvalue weighted by molar-refractivity contribution is 6.30. The predicted octanol–water partition coefficient (Wildman–Crippen LogP) is 2.04. The van der Waals surface area contributed by atoms with Crippen LogP contribution in [-0.4, -0.2) is 23.9 Å². The van der Waals surface area contributed by atoms with Crippen molar-refractivity contribution < 1.29 is 9.18 Å². The number of pyridine rings is 1. The normalized spacial score (nSPS) is 16.9. The lowest BCUT2D eigenvalue weighted by Gasteiger charge is -2.26. The Labute approximate surface area is 91.9 Å². The average molecular weight is 229 g/mol. The molecule has 0 radical (unpaired) electrons. The second-order valence-electron chi connectivity index (χ2n) is 3.52. The molecule has 1 aliphatic rings. The Balaban J connectivity index is 2.24. The predicted molar refractivity (Wildman–Crippen MR) is 55.7 cm³/mol. The monoisotopic (exact) mass is 228 g/mol. The van der Waals surface area contributed by atoms with Crippen LogP contribution in [0.3, 0.4) is 0 Å². The fourth-order valence-electron chi connectivity index (χ4n) is 1.66. The van der Waals surface area contributed by atoms with Crippen LogP contribution in [0.4, 0.5) is 10.2 Å². The maximum atomic E-state index is 13.5. The van der Waals surface area contributed by atoms with Gasteiger partial charge in [-0.3, -0.25) is 4.79 Å². The molecule has 2 heterocycles. The van der Waals surface area contributed by atoms with E-state index in [4.69, 9.17) is 11.6 Å². The van der Waals surface area contributed by atoms with Crippen molar-refractivity contribution >= 4 is 23.2 Å². The summed E-state index contributed by atoms with van der Waals surface area (Å²) in [7, 11) is 0. The van der Waals surface area contributed by atoms with Gasteiger partial charge < -0.3 is 4.90 Å². The standard InChI is InChI=1S/C10H10ClFN2O/c11-7-4-9(12)10(13-5-7)14-3-1-2-8(15)6-14/h4-5H,1-3,6H2. The van der Waals surface area contributed by atoms with Crippen LogP contribution in [0.1, 0.15) is 12.8 Å². The molecule has 1 aliphatic heterocycles. The van der Waals surface area contributed by atoms with Gasteiger partial charge in [-0.25, -0.2) is 9.37 Å². The van der Waals surface area contributed by atoms with E-state index in [9.17, 15) is 9.18 Å². The highest BCUT2D eigenvalue weighted by atomic mass is 35.5. The van der Waals surface area contributed by atoms with E-state index >= 15 is 0 Å². The Morgan fingerprint density at radius 1 is 1.53 bits per heavy atom. The zero-order chi connectivity index (χ0) is 10.8. The van der Waals surface area contributed by atoms with E-state index in [1.165, 1.54) is 12.3 Å². The van der Waals surface area contributed by atoms with Gasteiger partial charge in [0.25, 0.3) is 0 Å². The van der Waals surface area contributed by atoms with Crippen LogP contribution in [0.2, 0.25) is 5.02 Å². The molecule has 1 aromatic heterocycles. The minimum Gasteiger partial charge on any atom is -0.347 e. The van der Waals surface area contributed by atoms with Crippen molar-refractivity contribution in [2.75, 3.05) is 18.0 Å². The number of halogens is 2. The van der Waals surface area contributed by atoms with Gasteiger partial charge in [-0.1, -0.05) is 11.6 Å². The number of anilines is 1. The molecule has 0 amide bonds. The third-order valence-electron chi connectivity index (χ3n) is 2.34. The lowest BCUT2D eigenvalue weighted by atomic mass is 10.1. The average Bonchev–Trinajstić information content (AvgIpc) is 2.17. The Morgan fingerprint density at radius 2 is 2.33 bits per heavy atom. The van der Waals surface area contributed by atoms with Crippen molar-refractivity contribution in [1.29, 1.82) is 0 Å². The van der Waals surface area contributed by atoms with Crippen LogP contribution in [0.25, 0.3) is 0 Å². The van der Waals surface area contributed by atoms with Crippen LogP contribution in [0, 0.1) is 5.82 Å². The first-order valence-electron chi connectivity index (χ1n) is 4.74. The highest BCUT2D eigenvalue weighted by Crippen LogP contribution is 2.21. The van der Waals surface area contributed by atoms with Gasteiger partial charge >= 0.3 is 0 Å². The quantitative estimate of drug-likeness (QED) is 0.738. The number of carbonyl (C=O) groups excluding carboxylic acids is 1. The molecule has 1 saturated heterocycles. The summed E-state index contributed by atoms with van der Waals surface area (Å²) >= 11 is 5.60. The summed E-state index contributed by atoms with van der Waals surface area (Å²) in [6.07, 6.45) is 2.72. The summed E-state index contributed by atoms with van der Waals surface area (Å²) in [5, 5.41) is 0.264. The molecular weight excluding hydrogens is 219 g/mol. The van der Waals surface area contributed by atoms with Crippen LogP contribution in [0.15, 0.2) is 12.3 Å². The molecule has 1 aromatic rings. The minimum absolute atomic E-state index is 0.123. The third kappa shape index (κ3) is 2.26. The van der Waals surface area contributed by atoms with Crippen LogP contribution in [0.5, 0.6) is 0 Å².